The largest absolute Gasteiger partial charge is 0.362 e. The predicted molar refractivity (Wildman–Crippen MR) is 54.3 cm³/mol. The van der Waals surface area contributed by atoms with Gasteiger partial charge in [-0.1, -0.05) is 23.4 Å². The van der Waals surface area contributed by atoms with Crippen molar-refractivity contribution in [1.29, 1.82) is 0 Å². The molecule has 0 fully saturated rings. The van der Waals surface area contributed by atoms with Crippen LogP contribution in [0.2, 0.25) is 0 Å². The number of nitrogens with zero attached hydrogens (tertiary/aromatic N) is 1. The molecule has 0 N–H and O–H groups in total. The van der Waals surface area contributed by atoms with Gasteiger partial charge >= 0.3 is 0 Å². The highest BCUT2D eigenvalue weighted by molar-refractivity contribution is 5.35. The molecule has 16 heavy (non-hydrogen) atoms. The minimum atomic E-state index is -0.436. The van der Waals surface area contributed by atoms with Crippen molar-refractivity contribution in [3.63, 3.8) is 0 Å². The molecule has 1 aromatic heterocycles. The molecule has 0 saturated carbocycles. The molecular weight excluding hydrogens is 209 g/mol. The summed E-state index contributed by atoms with van der Waals surface area (Å²) in [6, 6.07) is 6.57. The van der Waals surface area contributed by atoms with Crippen molar-refractivity contribution in [2.45, 2.75) is 19.6 Å². The van der Waals surface area contributed by atoms with E-state index in [9.17, 15) is 4.39 Å². The van der Waals surface area contributed by atoms with Gasteiger partial charge in [-0.3, -0.25) is 0 Å². The Labute approximate surface area is 91.8 Å². The van der Waals surface area contributed by atoms with Crippen LogP contribution in [0.5, 0.6) is 0 Å². The second kappa shape index (κ2) is 3.42. The third-order valence-corrected chi connectivity index (χ3v) is 2.85. The minimum Gasteiger partial charge on any atom is -0.362 e. The number of hydrogen-bond acceptors (Lipinski definition) is 3. The Hall–Kier alpha value is -1.68. The van der Waals surface area contributed by atoms with Crippen LogP contribution >= 0.6 is 0 Å². The van der Waals surface area contributed by atoms with Gasteiger partial charge in [-0.05, 0) is 13.0 Å². The smallest absolute Gasteiger partial charge is 0.139 e. The molecule has 1 atom stereocenters. The normalized spacial score (nSPS) is 18.8. The van der Waals surface area contributed by atoms with Crippen molar-refractivity contribution in [3.05, 3.63) is 52.7 Å². The monoisotopic (exact) mass is 219 g/mol. The van der Waals surface area contributed by atoms with Crippen LogP contribution in [0.15, 0.2) is 28.8 Å². The van der Waals surface area contributed by atoms with Crippen LogP contribution in [0.25, 0.3) is 0 Å². The fraction of sp³-hybridized carbons (Fsp3) is 0.250. The van der Waals surface area contributed by atoms with Gasteiger partial charge in [0, 0.05) is 11.1 Å². The van der Waals surface area contributed by atoms with Crippen LogP contribution in [0.3, 0.4) is 0 Å². The van der Waals surface area contributed by atoms with E-state index in [4.69, 9.17) is 9.26 Å². The molecular formula is C12H10FNO2. The maximum Gasteiger partial charge on any atom is 0.139 e. The van der Waals surface area contributed by atoms with E-state index in [1.165, 1.54) is 6.07 Å². The van der Waals surface area contributed by atoms with E-state index in [-0.39, 0.29) is 5.82 Å². The number of rotatable bonds is 1. The van der Waals surface area contributed by atoms with Gasteiger partial charge in [-0.25, -0.2) is 4.39 Å². The van der Waals surface area contributed by atoms with E-state index < -0.39 is 6.10 Å². The van der Waals surface area contributed by atoms with E-state index in [1.807, 2.05) is 6.92 Å². The van der Waals surface area contributed by atoms with E-state index in [1.54, 1.807) is 18.2 Å². The van der Waals surface area contributed by atoms with Crippen LogP contribution in [-0.4, -0.2) is 5.16 Å². The number of fused-ring (bicyclic) bond motifs is 1. The van der Waals surface area contributed by atoms with Crippen LogP contribution < -0.4 is 0 Å². The summed E-state index contributed by atoms with van der Waals surface area (Å²) in [7, 11) is 0. The fourth-order valence-corrected chi connectivity index (χ4v) is 1.96. The highest BCUT2D eigenvalue weighted by atomic mass is 19.1. The van der Waals surface area contributed by atoms with Crippen LogP contribution in [0, 0.1) is 12.7 Å². The molecule has 82 valence electrons. The highest BCUT2D eigenvalue weighted by Gasteiger charge is 2.32. The summed E-state index contributed by atoms with van der Waals surface area (Å²) in [5, 5.41) is 3.93. The van der Waals surface area contributed by atoms with Crippen molar-refractivity contribution < 1.29 is 13.7 Å². The van der Waals surface area contributed by atoms with E-state index in [2.05, 4.69) is 5.16 Å². The first kappa shape index (κ1) is 9.54. The Morgan fingerprint density at radius 2 is 2.19 bits per heavy atom. The molecule has 0 spiro atoms. The number of aromatic nitrogens is 1. The second-order valence-electron chi connectivity index (χ2n) is 3.82. The number of aryl methyl sites for hydroxylation is 1. The molecule has 2 heterocycles. The molecule has 4 heteroatoms. The summed E-state index contributed by atoms with van der Waals surface area (Å²) in [6.45, 7) is 2.27. The average Bonchev–Trinajstić information content (AvgIpc) is 2.83. The molecule has 1 aromatic carbocycles. The predicted octanol–water partition coefficient (Wildman–Crippen LogP) is 2.74. The Balaban J connectivity index is 2.08. The molecule has 3 nitrogen and oxygen atoms in total. The molecule has 2 aromatic rings. The SMILES string of the molecule is Cc1onc2c1COC2c1ccccc1F. The van der Waals surface area contributed by atoms with Crippen molar-refractivity contribution in [2.24, 2.45) is 0 Å². The Bertz CT molecular complexity index is 536. The molecule has 1 unspecified atom stereocenters. The van der Waals surface area contributed by atoms with E-state index in [0.717, 1.165) is 11.3 Å². The van der Waals surface area contributed by atoms with Crippen LogP contribution in [-0.2, 0) is 11.3 Å². The van der Waals surface area contributed by atoms with Gasteiger partial charge in [0.25, 0.3) is 0 Å². The fourth-order valence-electron chi connectivity index (χ4n) is 1.96. The molecule has 1 aliphatic heterocycles. The maximum atomic E-state index is 13.6. The quantitative estimate of drug-likeness (QED) is 0.739. The second-order valence-corrected chi connectivity index (χ2v) is 3.82. The molecule has 3 rings (SSSR count). The first-order chi connectivity index (χ1) is 7.77. The lowest BCUT2D eigenvalue weighted by atomic mass is 10.0. The third-order valence-electron chi connectivity index (χ3n) is 2.85. The summed E-state index contributed by atoms with van der Waals surface area (Å²) < 4.78 is 24.2. The summed E-state index contributed by atoms with van der Waals surface area (Å²) in [5.41, 5.74) is 2.14. The van der Waals surface area contributed by atoms with Gasteiger partial charge in [0.15, 0.2) is 0 Å². The number of halogens is 1. The lowest BCUT2D eigenvalue weighted by Crippen LogP contribution is -2.02. The Morgan fingerprint density at radius 1 is 1.38 bits per heavy atom. The lowest BCUT2D eigenvalue weighted by Gasteiger charge is -2.09. The van der Waals surface area contributed by atoms with E-state index in [0.29, 0.717) is 17.9 Å². The van der Waals surface area contributed by atoms with Crippen molar-refractivity contribution in [2.75, 3.05) is 0 Å². The van der Waals surface area contributed by atoms with Crippen molar-refractivity contribution in [1.82, 2.24) is 5.16 Å². The molecule has 0 radical (unpaired) electrons. The molecule has 0 saturated heterocycles. The van der Waals surface area contributed by atoms with Gasteiger partial charge in [0.2, 0.25) is 0 Å². The van der Waals surface area contributed by atoms with Crippen LogP contribution in [0.4, 0.5) is 4.39 Å². The number of ether oxygens (including phenoxy) is 1. The van der Waals surface area contributed by atoms with E-state index >= 15 is 0 Å². The van der Waals surface area contributed by atoms with Gasteiger partial charge in [0.1, 0.15) is 23.4 Å². The van der Waals surface area contributed by atoms with Gasteiger partial charge in [-0.15, -0.1) is 0 Å². The first-order valence-corrected chi connectivity index (χ1v) is 5.08. The molecule has 1 aliphatic rings. The summed E-state index contributed by atoms with van der Waals surface area (Å²) in [6.07, 6.45) is -0.436. The molecule has 0 amide bonds. The third kappa shape index (κ3) is 1.27. The first-order valence-electron chi connectivity index (χ1n) is 5.08. The van der Waals surface area contributed by atoms with Crippen molar-refractivity contribution >= 4 is 0 Å². The topological polar surface area (TPSA) is 35.3 Å². The summed E-state index contributed by atoms with van der Waals surface area (Å²) >= 11 is 0. The van der Waals surface area contributed by atoms with Gasteiger partial charge < -0.3 is 9.26 Å². The number of hydrogen-bond donors (Lipinski definition) is 0. The maximum absolute atomic E-state index is 13.6. The summed E-state index contributed by atoms with van der Waals surface area (Å²) in [4.78, 5) is 0. The molecule has 0 aliphatic carbocycles. The van der Waals surface area contributed by atoms with Gasteiger partial charge in [-0.2, -0.15) is 0 Å². The lowest BCUT2D eigenvalue weighted by molar-refractivity contribution is 0.0830. The van der Waals surface area contributed by atoms with Crippen LogP contribution in [0.1, 0.15) is 28.7 Å². The molecule has 0 bridgehead atoms. The Morgan fingerprint density at radius 3 is 3.00 bits per heavy atom. The zero-order valence-electron chi connectivity index (χ0n) is 8.74. The highest BCUT2D eigenvalue weighted by Crippen LogP contribution is 2.37. The van der Waals surface area contributed by atoms with Crippen molar-refractivity contribution in [3.8, 4) is 0 Å². The summed E-state index contributed by atoms with van der Waals surface area (Å²) in [5.74, 6) is 0.467. The minimum absolute atomic E-state index is 0.277. The zero-order chi connectivity index (χ0) is 11.1. The standard InChI is InChI=1S/C12H10FNO2/c1-7-9-6-15-12(11(9)14-16-7)8-4-2-3-5-10(8)13/h2-5,12H,6H2,1H3. The Kier molecular flexibility index (Phi) is 2.04. The average molecular weight is 219 g/mol. The number of benzene rings is 1. The zero-order valence-corrected chi connectivity index (χ0v) is 8.74. The van der Waals surface area contributed by atoms with Gasteiger partial charge in [0.05, 0.1) is 6.61 Å².